The van der Waals surface area contributed by atoms with Gasteiger partial charge in [-0.2, -0.15) is 0 Å². The molecule has 3 nitrogen and oxygen atoms in total. The maximum Gasteiger partial charge on any atom is 0.124 e. The van der Waals surface area contributed by atoms with Crippen molar-refractivity contribution in [3.05, 3.63) is 28.2 Å². The molecule has 1 unspecified atom stereocenters. The van der Waals surface area contributed by atoms with E-state index in [1.165, 1.54) is 0 Å². The smallest absolute Gasteiger partial charge is 0.124 e. The topological polar surface area (TPSA) is 44.5 Å². The number of benzene rings is 1. The molecule has 1 aromatic rings. The molecule has 0 aliphatic heterocycles. The second-order valence-corrected chi connectivity index (χ2v) is 6.03. The van der Waals surface area contributed by atoms with E-state index in [0.29, 0.717) is 19.1 Å². The fraction of sp³-hybridized carbons (Fsp3) is 0.600. The van der Waals surface area contributed by atoms with E-state index in [-0.39, 0.29) is 6.04 Å². The Morgan fingerprint density at radius 1 is 1.16 bits per heavy atom. The third-order valence-electron chi connectivity index (χ3n) is 2.79. The zero-order chi connectivity index (χ0) is 14.3. The lowest BCUT2D eigenvalue weighted by atomic mass is 10.1. The van der Waals surface area contributed by atoms with E-state index in [9.17, 15) is 0 Å². The number of nitrogens with two attached hydrogens (primary N) is 1. The standard InChI is InChI=1S/C15H24BrNO2/c1-11(2)6-7-18-8-9-19-15-5-4-13(16)10-14(15)12(3)17/h4-5,10-12H,6-9,17H2,1-3H3. The number of halogens is 1. The van der Waals surface area contributed by atoms with Crippen molar-refractivity contribution in [2.45, 2.75) is 33.2 Å². The van der Waals surface area contributed by atoms with Crippen LogP contribution < -0.4 is 10.5 Å². The monoisotopic (exact) mass is 329 g/mol. The lowest BCUT2D eigenvalue weighted by Crippen LogP contribution is -2.12. The highest BCUT2D eigenvalue weighted by molar-refractivity contribution is 9.10. The Kier molecular flexibility index (Phi) is 7.42. The summed E-state index contributed by atoms with van der Waals surface area (Å²) in [7, 11) is 0. The van der Waals surface area contributed by atoms with Gasteiger partial charge in [0.2, 0.25) is 0 Å². The van der Waals surface area contributed by atoms with E-state index in [1.54, 1.807) is 0 Å². The molecule has 0 aliphatic rings. The van der Waals surface area contributed by atoms with Crippen LogP contribution in [0.3, 0.4) is 0 Å². The highest BCUT2D eigenvalue weighted by Gasteiger charge is 2.08. The van der Waals surface area contributed by atoms with Gasteiger partial charge in [-0.1, -0.05) is 29.8 Å². The van der Waals surface area contributed by atoms with Crippen LogP contribution in [0.4, 0.5) is 0 Å². The molecule has 1 rings (SSSR count). The van der Waals surface area contributed by atoms with Gasteiger partial charge in [-0.05, 0) is 37.5 Å². The van der Waals surface area contributed by atoms with Crippen LogP contribution in [0.1, 0.15) is 38.8 Å². The van der Waals surface area contributed by atoms with Crippen molar-refractivity contribution in [2.75, 3.05) is 19.8 Å². The van der Waals surface area contributed by atoms with E-state index in [1.807, 2.05) is 25.1 Å². The average Bonchev–Trinajstić information content (AvgIpc) is 2.34. The molecular weight excluding hydrogens is 306 g/mol. The van der Waals surface area contributed by atoms with E-state index in [0.717, 1.165) is 28.8 Å². The van der Waals surface area contributed by atoms with Gasteiger partial charge in [-0.3, -0.25) is 0 Å². The Labute approximate surface area is 124 Å². The lowest BCUT2D eigenvalue weighted by molar-refractivity contribution is 0.0922. The predicted octanol–water partition coefficient (Wildman–Crippen LogP) is 3.91. The minimum atomic E-state index is -0.0469. The van der Waals surface area contributed by atoms with E-state index < -0.39 is 0 Å². The normalized spacial score (nSPS) is 12.7. The summed E-state index contributed by atoms with van der Waals surface area (Å²) in [6.07, 6.45) is 1.09. The van der Waals surface area contributed by atoms with Gasteiger partial charge in [0.05, 0.1) is 6.61 Å². The highest BCUT2D eigenvalue weighted by Crippen LogP contribution is 2.27. The van der Waals surface area contributed by atoms with Gasteiger partial charge in [-0.25, -0.2) is 0 Å². The Balaban J connectivity index is 2.37. The Hall–Kier alpha value is -0.580. The summed E-state index contributed by atoms with van der Waals surface area (Å²) >= 11 is 3.44. The quantitative estimate of drug-likeness (QED) is 0.735. The molecule has 0 saturated heterocycles. The Morgan fingerprint density at radius 2 is 1.89 bits per heavy atom. The lowest BCUT2D eigenvalue weighted by Gasteiger charge is -2.14. The molecule has 0 aliphatic carbocycles. The fourth-order valence-corrected chi connectivity index (χ4v) is 2.02. The summed E-state index contributed by atoms with van der Waals surface area (Å²) in [5, 5.41) is 0. The summed E-state index contributed by atoms with van der Waals surface area (Å²) in [5.41, 5.74) is 6.95. The first-order chi connectivity index (χ1) is 9.00. The van der Waals surface area contributed by atoms with Gasteiger partial charge in [0, 0.05) is 22.7 Å². The van der Waals surface area contributed by atoms with E-state index in [2.05, 4.69) is 29.8 Å². The molecule has 19 heavy (non-hydrogen) atoms. The van der Waals surface area contributed by atoms with Crippen LogP contribution in [-0.4, -0.2) is 19.8 Å². The van der Waals surface area contributed by atoms with Crippen LogP contribution in [0.5, 0.6) is 5.75 Å². The summed E-state index contributed by atoms with van der Waals surface area (Å²) in [5.74, 6) is 1.52. The van der Waals surface area contributed by atoms with Crippen LogP contribution in [0.2, 0.25) is 0 Å². The first-order valence-electron chi connectivity index (χ1n) is 6.76. The molecule has 2 N–H and O–H groups in total. The van der Waals surface area contributed by atoms with Crippen LogP contribution in [-0.2, 0) is 4.74 Å². The molecule has 0 aromatic heterocycles. The molecule has 0 heterocycles. The van der Waals surface area contributed by atoms with Crippen molar-refractivity contribution in [3.63, 3.8) is 0 Å². The second kappa shape index (κ2) is 8.56. The van der Waals surface area contributed by atoms with Gasteiger partial charge >= 0.3 is 0 Å². The van der Waals surface area contributed by atoms with Gasteiger partial charge in [-0.15, -0.1) is 0 Å². The number of hydrogen-bond acceptors (Lipinski definition) is 3. The van der Waals surface area contributed by atoms with Gasteiger partial charge in [0.15, 0.2) is 0 Å². The SMILES string of the molecule is CC(C)CCOCCOc1ccc(Br)cc1C(C)N. The van der Waals surface area contributed by atoms with Crippen LogP contribution in [0.25, 0.3) is 0 Å². The number of rotatable bonds is 8. The maximum absolute atomic E-state index is 5.94. The Bertz CT molecular complexity index is 380. The fourth-order valence-electron chi connectivity index (χ4n) is 1.64. The molecule has 0 saturated carbocycles. The molecule has 108 valence electrons. The minimum absolute atomic E-state index is 0.0469. The predicted molar refractivity (Wildman–Crippen MR) is 82.5 cm³/mol. The molecular formula is C15H24BrNO2. The first kappa shape index (κ1) is 16.5. The van der Waals surface area contributed by atoms with E-state index >= 15 is 0 Å². The summed E-state index contributed by atoms with van der Waals surface area (Å²) in [6.45, 7) is 8.29. The third-order valence-corrected chi connectivity index (χ3v) is 3.28. The molecule has 0 bridgehead atoms. The van der Waals surface area contributed by atoms with Gasteiger partial charge in [0.1, 0.15) is 12.4 Å². The third kappa shape index (κ3) is 6.41. The molecule has 4 heteroatoms. The molecule has 0 spiro atoms. The van der Waals surface area contributed by atoms with Crippen LogP contribution in [0.15, 0.2) is 22.7 Å². The number of hydrogen-bond donors (Lipinski definition) is 1. The minimum Gasteiger partial charge on any atom is -0.491 e. The van der Waals surface area contributed by atoms with Gasteiger partial charge < -0.3 is 15.2 Å². The Morgan fingerprint density at radius 3 is 2.53 bits per heavy atom. The molecule has 0 fully saturated rings. The average molecular weight is 330 g/mol. The zero-order valence-electron chi connectivity index (χ0n) is 12.0. The van der Waals surface area contributed by atoms with Crippen LogP contribution >= 0.6 is 15.9 Å². The summed E-state index contributed by atoms with van der Waals surface area (Å²) in [4.78, 5) is 0. The van der Waals surface area contributed by atoms with Crippen molar-refractivity contribution in [2.24, 2.45) is 11.7 Å². The summed E-state index contributed by atoms with van der Waals surface area (Å²) in [6, 6.07) is 5.85. The maximum atomic E-state index is 5.94. The van der Waals surface area contributed by atoms with E-state index in [4.69, 9.17) is 15.2 Å². The van der Waals surface area contributed by atoms with Crippen molar-refractivity contribution >= 4 is 15.9 Å². The van der Waals surface area contributed by atoms with Crippen molar-refractivity contribution in [1.29, 1.82) is 0 Å². The van der Waals surface area contributed by atoms with Crippen LogP contribution in [0, 0.1) is 5.92 Å². The molecule has 0 radical (unpaired) electrons. The highest BCUT2D eigenvalue weighted by atomic mass is 79.9. The largest absolute Gasteiger partial charge is 0.491 e. The zero-order valence-corrected chi connectivity index (χ0v) is 13.6. The number of ether oxygens (including phenoxy) is 2. The first-order valence-corrected chi connectivity index (χ1v) is 7.55. The summed E-state index contributed by atoms with van der Waals surface area (Å²) < 4.78 is 12.3. The molecule has 1 aromatic carbocycles. The van der Waals surface area contributed by atoms with Crippen molar-refractivity contribution in [3.8, 4) is 5.75 Å². The van der Waals surface area contributed by atoms with Crippen molar-refractivity contribution < 1.29 is 9.47 Å². The molecule has 1 atom stereocenters. The van der Waals surface area contributed by atoms with Crippen molar-refractivity contribution in [1.82, 2.24) is 0 Å². The van der Waals surface area contributed by atoms with Gasteiger partial charge in [0.25, 0.3) is 0 Å². The second-order valence-electron chi connectivity index (χ2n) is 5.11. The molecule has 0 amide bonds.